The monoisotopic (exact) mass is 358 g/mol. The summed E-state index contributed by atoms with van der Waals surface area (Å²) in [6.07, 6.45) is 5.34. The molecule has 0 N–H and O–H groups in total. The minimum absolute atomic E-state index is 0.0216. The summed E-state index contributed by atoms with van der Waals surface area (Å²) in [5.74, 6) is 0.698. The Hall–Kier alpha value is -2.95. The molecule has 5 rings (SSSR count). The molecule has 2 aromatic carbocycles. The van der Waals surface area contributed by atoms with Crippen molar-refractivity contribution in [3.63, 3.8) is 0 Å². The minimum Gasteiger partial charge on any atom is -0.334 e. The van der Waals surface area contributed by atoms with Crippen LogP contribution in [0.3, 0.4) is 0 Å². The molecule has 1 saturated carbocycles. The van der Waals surface area contributed by atoms with E-state index in [2.05, 4.69) is 34.6 Å². The van der Waals surface area contributed by atoms with Crippen molar-refractivity contribution in [3.8, 4) is 0 Å². The Morgan fingerprint density at radius 3 is 2.19 bits per heavy atom. The van der Waals surface area contributed by atoms with Gasteiger partial charge in [0.2, 0.25) is 0 Å². The standard InChI is InChI=1S/C22H22N4O/c27-22(25-14-16-11-12-19(25)13-16)20-15-26(24-23-20)21(17-7-3-1-4-8-17)18-9-5-2-6-10-18/h1-10,15-16,19,21H,11-14H2. The zero-order valence-electron chi connectivity index (χ0n) is 15.1. The number of aromatic nitrogens is 3. The second kappa shape index (κ2) is 6.65. The molecular weight excluding hydrogens is 336 g/mol. The number of fused-ring (bicyclic) bond motifs is 2. The molecule has 5 heteroatoms. The molecule has 0 radical (unpaired) electrons. The lowest BCUT2D eigenvalue weighted by Crippen LogP contribution is -2.37. The zero-order chi connectivity index (χ0) is 18.2. The van der Waals surface area contributed by atoms with Gasteiger partial charge in [-0.2, -0.15) is 0 Å². The van der Waals surface area contributed by atoms with Crippen LogP contribution in [0.15, 0.2) is 66.9 Å². The fourth-order valence-electron chi connectivity index (χ4n) is 4.59. The first-order valence-electron chi connectivity index (χ1n) is 9.62. The molecule has 3 aromatic rings. The first kappa shape index (κ1) is 16.2. The normalized spacial score (nSPS) is 21.1. The van der Waals surface area contributed by atoms with E-state index in [0.29, 0.717) is 17.7 Å². The number of nitrogens with zero attached hydrogens (tertiary/aromatic N) is 4. The number of hydrogen-bond acceptors (Lipinski definition) is 3. The smallest absolute Gasteiger partial charge is 0.276 e. The number of rotatable bonds is 4. The van der Waals surface area contributed by atoms with E-state index in [4.69, 9.17) is 0 Å². The first-order chi connectivity index (χ1) is 13.3. The van der Waals surface area contributed by atoms with Crippen molar-refractivity contribution in [1.29, 1.82) is 0 Å². The Kier molecular flexibility index (Phi) is 4.00. The number of carbonyl (C=O) groups is 1. The summed E-state index contributed by atoms with van der Waals surface area (Å²) in [7, 11) is 0. The van der Waals surface area contributed by atoms with Crippen LogP contribution in [0.1, 0.15) is 46.9 Å². The van der Waals surface area contributed by atoms with Crippen molar-refractivity contribution in [3.05, 3.63) is 83.7 Å². The van der Waals surface area contributed by atoms with Crippen LogP contribution >= 0.6 is 0 Å². The molecule has 5 nitrogen and oxygen atoms in total. The summed E-state index contributed by atoms with van der Waals surface area (Å²) in [5.41, 5.74) is 2.68. The molecule has 2 unspecified atom stereocenters. The van der Waals surface area contributed by atoms with E-state index in [1.807, 2.05) is 46.0 Å². The van der Waals surface area contributed by atoms with Gasteiger partial charge in [-0.3, -0.25) is 4.79 Å². The van der Waals surface area contributed by atoms with Gasteiger partial charge >= 0.3 is 0 Å². The minimum atomic E-state index is -0.100. The Morgan fingerprint density at radius 1 is 0.963 bits per heavy atom. The maximum absolute atomic E-state index is 13.0. The topological polar surface area (TPSA) is 51.0 Å². The van der Waals surface area contributed by atoms with E-state index in [-0.39, 0.29) is 11.9 Å². The molecule has 1 amide bonds. The third-order valence-corrected chi connectivity index (χ3v) is 5.89. The van der Waals surface area contributed by atoms with Gasteiger partial charge in [-0.1, -0.05) is 65.9 Å². The maximum atomic E-state index is 13.0. The summed E-state index contributed by atoms with van der Waals surface area (Å²) >= 11 is 0. The Balaban J connectivity index is 1.48. The molecule has 1 aromatic heterocycles. The van der Waals surface area contributed by atoms with Crippen LogP contribution in [0.4, 0.5) is 0 Å². The summed E-state index contributed by atoms with van der Waals surface area (Å²) in [6.45, 7) is 0.872. The number of piperidine rings is 1. The van der Waals surface area contributed by atoms with Gasteiger partial charge in [0.05, 0.1) is 6.20 Å². The first-order valence-corrected chi connectivity index (χ1v) is 9.62. The highest BCUT2D eigenvalue weighted by atomic mass is 16.2. The predicted molar refractivity (Wildman–Crippen MR) is 102 cm³/mol. The van der Waals surface area contributed by atoms with Crippen LogP contribution in [0.2, 0.25) is 0 Å². The van der Waals surface area contributed by atoms with Crippen LogP contribution in [0, 0.1) is 5.92 Å². The molecule has 2 fully saturated rings. The van der Waals surface area contributed by atoms with Gasteiger partial charge in [-0.15, -0.1) is 5.10 Å². The van der Waals surface area contributed by atoms with Gasteiger partial charge in [-0.05, 0) is 36.3 Å². The maximum Gasteiger partial charge on any atom is 0.276 e. The highest BCUT2D eigenvalue weighted by Crippen LogP contribution is 2.38. The third kappa shape index (κ3) is 2.93. The average molecular weight is 358 g/mol. The van der Waals surface area contributed by atoms with Gasteiger partial charge in [-0.25, -0.2) is 4.68 Å². The fraction of sp³-hybridized carbons (Fsp3) is 0.318. The van der Waals surface area contributed by atoms with E-state index in [0.717, 1.165) is 30.5 Å². The number of benzene rings is 2. The SMILES string of the molecule is O=C(c1cn(C(c2ccccc2)c2ccccc2)nn1)N1CC2CCC1C2. The Bertz CT molecular complexity index is 898. The van der Waals surface area contributed by atoms with Gasteiger partial charge in [0.1, 0.15) is 6.04 Å². The lowest BCUT2D eigenvalue weighted by atomic mass is 9.99. The number of carbonyl (C=O) groups excluding carboxylic acids is 1. The molecular formula is C22H22N4O. The zero-order valence-corrected chi connectivity index (χ0v) is 15.1. The summed E-state index contributed by atoms with van der Waals surface area (Å²) in [6, 6.07) is 20.7. The van der Waals surface area contributed by atoms with Crippen molar-refractivity contribution in [2.24, 2.45) is 5.92 Å². The third-order valence-electron chi connectivity index (χ3n) is 5.89. The lowest BCUT2D eigenvalue weighted by Gasteiger charge is -2.25. The quantitative estimate of drug-likeness (QED) is 0.717. The van der Waals surface area contributed by atoms with Crippen molar-refractivity contribution < 1.29 is 4.79 Å². The Labute approximate surface area is 158 Å². The second-order valence-electron chi connectivity index (χ2n) is 7.60. The van der Waals surface area contributed by atoms with Gasteiger partial charge in [0, 0.05) is 12.6 Å². The van der Waals surface area contributed by atoms with E-state index in [1.165, 1.54) is 6.42 Å². The highest BCUT2D eigenvalue weighted by Gasteiger charge is 2.41. The molecule has 1 saturated heterocycles. The number of likely N-dealkylation sites (tertiary alicyclic amines) is 1. The summed E-state index contributed by atoms with van der Waals surface area (Å²) in [4.78, 5) is 15.0. The fourth-order valence-corrected chi connectivity index (χ4v) is 4.59. The molecule has 2 aliphatic rings. The van der Waals surface area contributed by atoms with Gasteiger partial charge in [0.15, 0.2) is 5.69 Å². The van der Waals surface area contributed by atoms with E-state index < -0.39 is 0 Å². The Morgan fingerprint density at radius 2 is 1.63 bits per heavy atom. The highest BCUT2D eigenvalue weighted by molar-refractivity contribution is 5.92. The largest absolute Gasteiger partial charge is 0.334 e. The molecule has 1 aliphatic heterocycles. The van der Waals surface area contributed by atoms with Crippen molar-refractivity contribution in [2.45, 2.75) is 31.3 Å². The summed E-state index contributed by atoms with van der Waals surface area (Å²) < 4.78 is 1.81. The van der Waals surface area contributed by atoms with Crippen LogP contribution in [-0.4, -0.2) is 38.4 Å². The van der Waals surface area contributed by atoms with Crippen LogP contribution in [-0.2, 0) is 0 Å². The molecule has 1 aliphatic carbocycles. The molecule has 2 bridgehead atoms. The molecule has 136 valence electrons. The molecule has 2 heterocycles. The van der Waals surface area contributed by atoms with Crippen LogP contribution in [0.25, 0.3) is 0 Å². The van der Waals surface area contributed by atoms with Gasteiger partial charge in [0.25, 0.3) is 5.91 Å². The molecule has 2 atom stereocenters. The molecule has 0 spiro atoms. The number of hydrogen-bond donors (Lipinski definition) is 0. The summed E-state index contributed by atoms with van der Waals surface area (Å²) in [5, 5.41) is 8.58. The predicted octanol–water partition coefficient (Wildman–Crippen LogP) is 3.54. The van der Waals surface area contributed by atoms with E-state index >= 15 is 0 Å². The second-order valence-corrected chi connectivity index (χ2v) is 7.60. The lowest BCUT2D eigenvalue weighted by molar-refractivity contribution is 0.0697. The van der Waals surface area contributed by atoms with Crippen molar-refractivity contribution in [1.82, 2.24) is 19.9 Å². The van der Waals surface area contributed by atoms with Crippen LogP contribution < -0.4 is 0 Å². The van der Waals surface area contributed by atoms with Crippen molar-refractivity contribution >= 4 is 5.91 Å². The van der Waals surface area contributed by atoms with Crippen LogP contribution in [0.5, 0.6) is 0 Å². The molecule has 27 heavy (non-hydrogen) atoms. The number of amides is 1. The van der Waals surface area contributed by atoms with Crippen molar-refractivity contribution in [2.75, 3.05) is 6.54 Å². The average Bonchev–Trinajstić information content (AvgIpc) is 3.47. The van der Waals surface area contributed by atoms with E-state index in [1.54, 1.807) is 6.20 Å². The van der Waals surface area contributed by atoms with E-state index in [9.17, 15) is 4.79 Å². The van der Waals surface area contributed by atoms with Gasteiger partial charge < -0.3 is 4.90 Å².